The van der Waals surface area contributed by atoms with E-state index in [2.05, 4.69) is 5.32 Å². The first-order valence-electron chi connectivity index (χ1n) is 9.99. The van der Waals surface area contributed by atoms with Crippen molar-refractivity contribution in [2.45, 2.75) is 45.1 Å². The van der Waals surface area contributed by atoms with E-state index >= 15 is 0 Å². The van der Waals surface area contributed by atoms with Crippen LogP contribution in [0.15, 0.2) is 24.3 Å². The molecule has 5 heteroatoms. The average molecular weight is 356 g/mol. The van der Waals surface area contributed by atoms with Crippen LogP contribution in [0.4, 0.5) is 0 Å². The van der Waals surface area contributed by atoms with Crippen LogP contribution < -0.4 is 10.1 Å². The maximum Gasteiger partial charge on any atom is 0.257 e. The molecule has 1 heterocycles. The number of carbonyl (C=O) groups excluding carboxylic acids is 2. The van der Waals surface area contributed by atoms with E-state index < -0.39 is 0 Å². The van der Waals surface area contributed by atoms with E-state index in [0.717, 1.165) is 25.2 Å². The van der Waals surface area contributed by atoms with Crippen LogP contribution in [0.5, 0.6) is 5.75 Å². The van der Waals surface area contributed by atoms with Gasteiger partial charge in [-0.05, 0) is 63.0 Å². The van der Waals surface area contributed by atoms with Crippen LogP contribution >= 0.6 is 0 Å². The lowest BCUT2D eigenvalue weighted by Crippen LogP contribution is -2.47. The van der Waals surface area contributed by atoms with Gasteiger partial charge in [0.15, 0.2) is 0 Å². The number of nitrogens with one attached hydrogen (secondary N) is 1. The molecule has 0 radical (unpaired) electrons. The zero-order valence-electron chi connectivity index (χ0n) is 15.4. The van der Waals surface area contributed by atoms with Gasteiger partial charge < -0.3 is 15.0 Å². The molecule has 0 bridgehead atoms. The molecule has 3 aliphatic rings. The molecule has 2 aliphatic carbocycles. The quantitative estimate of drug-likeness (QED) is 0.853. The lowest BCUT2D eigenvalue weighted by atomic mass is 10.0. The lowest BCUT2D eigenvalue weighted by Gasteiger charge is -2.32. The molecule has 1 aliphatic heterocycles. The largest absolute Gasteiger partial charge is 0.493 e. The highest BCUT2D eigenvalue weighted by atomic mass is 16.5. The van der Waals surface area contributed by atoms with Crippen LogP contribution in [0.3, 0.4) is 0 Å². The zero-order valence-corrected chi connectivity index (χ0v) is 15.4. The number of piperidine rings is 1. The normalized spacial score (nSPS) is 25.7. The fourth-order valence-corrected chi connectivity index (χ4v) is 4.19. The average Bonchev–Trinajstić information content (AvgIpc) is 3.55. The van der Waals surface area contributed by atoms with Crippen molar-refractivity contribution in [3.05, 3.63) is 29.8 Å². The summed E-state index contributed by atoms with van der Waals surface area (Å²) < 4.78 is 5.59. The molecule has 140 valence electrons. The van der Waals surface area contributed by atoms with Gasteiger partial charge in [0.2, 0.25) is 5.91 Å². The minimum absolute atomic E-state index is 0.0230. The third kappa shape index (κ3) is 3.71. The second-order valence-corrected chi connectivity index (χ2v) is 7.85. The van der Waals surface area contributed by atoms with E-state index in [1.807, 2.05) is 36.1 Å². The van der Waals surface area contributed by atoms with Crippen molar-refractivity contribution in [2.75, 3.05) is 19.7 Å². The lowest BCUT2D eigenvalue weighted by molar-refractivity contribution is -0.123. The molecular weight excluding hydrogens is 328 g/mol. The van der Waals surface area contributed by atoms with Crippen molar-refractivity contribution >= 4 is 11.8 Å². The van der Waals surface area contributed by atoms with Crippen molar-refractivity contribution < 1.29 is 14.3 Å². The van der Waals surface area contributed by atoms with Crippen molar-refractivity contribution in [3.8, 4) is 5.75 Å². The van der Waals surface area contributed by atoms with Crippen LogP contribution in [0, 0.1) is 17.8 Å². The fourth-order valence-electron chi connectivity index (χ4n) is 4.19. The standard InChI is InChI=1S/C21H28N2O3/c1-2-26-19-6-4-3-5-16(19)21(25)23-11-9-15(10-12-23)22-20(24)18-13-17(18)14-7-8-14/h3-6,14-15,17-18H,2,7-13H2,1H3,(H,22,24)/t17-,18+/m1/s1. The van der Waals surface area contributed by atoms with E-state index in [4.69, 9.17) is 4.74 Å². The van der Waals surface area contributed by atoms with Gasteiger partial charge in [0.25, 0.3) is 5.91 Å². The SMILES string of the molecule is CCOc1ccccc1C(=O)N1CCC(NC(=O)[C@H]2C[C@@H]2C2CC2)CC1. The number of nitrogens with zero attached hydrogens (tertiary/aromatic N) is 1. The van der Waals surface area contributed by atoms with Crippen LogP contribution in [-0.2, 0) is 4.79 Å². The molecule has 2 atom stereocenters. The Hall–Kier alpha value is -2.04. The molecule has 1 N–H and O–H groups in total. The molecule has 0 aromatic heterocycles. The summed E-state index contributed by atoms with van der Waals surface area (Å²) in [7, 11) is 0. The van der Waals surface area contributed by atoms with Gasteiger partial charge >= 0.3 is 0 Å². The number of benzene rings is 1. The van der Waals surface area contributed by atoms with Gasteiger partial charge in [0, 0.05) is 25.0 Å². The molecule has 1 aromatic rings. The molecule has 3 fully saturated rings. The van der Waals surface area contributed by atoms with E-state index in [9.17, 15) is 9.59 Å². The monoisotopic (exact) mass is 356 g/mol. The maximum atomic E-state index is 12.8. The molecule has 1 saturated heterocycles. The summed E-state index contributed by atoms with van der Waals surface area (Å²) in [6, 6.07) is 7.63. The van der Waals surface area contributed by atoms with E-state index in [1.165, 1.54) is 12.8 Å². The highest BCUT2D eigenvalue weighted by Crippen LogP contribution is 2.54. The van der Waals surface area contributed by atoms with Crippen LogP contribution in [0.25, 0.3) is 0 Å². The van der Waals surface area contributed by atoms with Gasteiger partial charge in [-0.25, -0.2) is 0 Å². The summed E-state index contributed by atoms with van der Waals surface area (Å²) in [5.41, 5.74) is 0.627. The predicted molar refractivity (Wildman–Crippen MR) is 99.0 cm³/mol. The van der Waals surface area contributed by atoms with Gasteiger partial charge in [0.1, 0.15) is 5.75 Å². The van der Waals surface area contributed by atoms with Crippen LogP contribution in [0.2, 0.25) is 0 Å². The Kier molecular flexibility index (Phi) is 4.88. The molecule has 26 heavy (non-hydrogen) atoms. The van der Waals surface area contributed by atoms with Crippen LogP contribution in [0.1, 0.15) is 49.4 Å². The summed E-state index contributed by atoms with van der Waals surface area (Å²) >= 11 is 0. The zero-order chi connectivity index (χ0) is 18.1. The molecular formula is C21H28N2O3. The van der Waals surface area contributed by atoms with Gasteiger partial charge in [-0.15, -0.1) is 0 Å². The van der Waals surface area contributed by atoms with Crippen molar-refractivity contribution in [3.63, 3.8) is 0 Å². The summed E-state index contributed by atoms with van der Waals surface area (Å²) in [4.78, 5) is 27.1. The summed E-state index contributed by atoms with van der Waals surface area (Å²) in [6.07, 6.45) is 5.38. The summed E-state index contributed by atoms with van der Waals surface area (Å²) in [5.74, 6) is 2.67. The highest BCUT2D eigenvalue weighted by molar-refractivity contribution is 5.97. The van der Waals surface area contributed by atoms with Crippen LogP contribution in [-0.4, -0.2) is 42.5 Å². The number of rotatable bonds is 6. The fraction of sp³-hybridized carbons (Fsp3) is 0.619. The van der Waals surface area contributed by atoms with Gasteiger partial charge in [-0.3, -0.25) is 9.59 Å². The second kappa shape index (κ2) is 7.29. The van der Waals surface area contributed by atoms with Gasteiger partial charge in [0.05, 0.1) is 12.2 Å². The molecule has 5 nitrogen and oxygen atoms in total. The second-order valence-electron chi connectivity index (χ2n) is 7.85. The molecule has 2 saturated carbocycles. The summed E-state index contributed by atoms with van der Waals surface area (Å²) in [5, 5.41) is 3.22. The molecule has 4 rings (SSSR count). The molecule has 0 unspecified atom stereocenters. The van der Waals surface area contributed by atoms with Gasteiger partial charge in [-0.2, -0.15) is 0 Å². The van der Waals surface area contributed by atoms with Crippen molar-refractivity contribution in [2.24, 2.45) is 17.8 Å². The Balaban J connectivity index is 1.28. The number of ether oxygens (including phenoxy) is 1. The number of carbonyl (C=O) groups is 2. The molecule has 0 spiro atoms. The number of para-hydroxylation sites is 1. The van der Waals surface area contributed by atoms with E-state index in [-0.39, 0.29) is 23.8 Å². The summed E-state index contributed by atoms with van der Waals surface area (Å²) in [6.45, 7) is 3.83. The van der Waals surface area contributed by atoms with E-state index in [1.54, 1.807) is 0 Å². The predicted octanol–water partition coefficient (Wildman–Crippen LogP) is 2.85. The third-order valence-electron chi connectivity index (χ3n) is 5.95. The van der Waals surface area contributed by atoms with E-state index in [0.29, 0.717) is 36.9 Å². The topological polar surface area (TPSA) is 58.6 Å². The molecule has 1 aromatic carbocycles. The Bertz CT molecular complexity index is 678. The Morgan fingerprint density at radius 1 is 1.15 bits per heavy atom. The number of hydrogen-bond donors (Lipinski definition) is 1. The minimum atomic E-state index is 0.0230. The Morgan fingerprint density at radius 2 is 1.88 bits per heavy atom. The minimum Gasteiger partial charge on any atom is -0.493 e. The first-order valence-corrected chi connectivity index (χ1v) is 9.99. The first kappa shape index (κ1) is 17.4. The smallest absolute Gasteiger partial charge is 0.257 e. The third-order valence-corrected chi connectivity index (χ3v) is 5.95. The Morgan fingerprint density at radius 3 is 2.58 bits per heavy atom. The van der Waals surface area contributed by atoms with Crippen molar-refractivity contribution in [1.82, 2.24) is 10.2 Å². The Labute approximate surface area is 155 Å². The number of amides is 2. The first-order chi connectivity index (χ1) is 12.7. The number of likely N-dealkylation sites (tertiary alicyclic amines) is 1. The maximum absolute atomic E-state index is 12.8. The molecule has 2 amide bonds. The van der Waals surface area contributed by atoms with Gasteiger partial charge in [-0.1, -0.05) is 12.1 Å². The number of hydrogen-bond acceptors (Lipinski definition) is 3. The van der Waals surface area contributed by atoms with Crippen molar-refractivity contribution in [1.29, 1.82) is 0 Å². The highest BCUT2D eigenvalue weighted by Gasteiger charge is 2.51.